The van der Waals surface area contributed by atoms with Gasteiger partial charge in [-0.1, -0.05) is 91.8 Å². The van der Waals surface area contributed by atoms with E-state index in [1.165, 1.54) is 6.92 Å². The Labute approximate surface area is 208 Å². The van der Waals surface area contributed by atoms with E-state index in [4.69, 9.17) is 13.9 Å². The van der Waals surface area contributed by atoms with Crippen molar-refractivity contribution in [3.05, 3.63) is 48.2 Å². The molecule has 2 atom stereocenters. The summed E-state index contributed by atoms with van der Waals surface area (Å²) in [6, 6.07) is 9.00. The van der Waals surface area contributed by atoms with Crippen LogP contribution in [0, 0.1) is 5.92 Å². The minimum absolute atomic E-state index is 0.263. The first-order chi connectivity index (χ1) is 15.9. The van der Waals surface area contributed by atoms with Crippen molar-refractivity contribution in [2.45, 2.75) is 110 Å². The van der Waals surface area contributed by atoms with Crippen LogP contribution in [-0.2, 0) is 23.5 Å². The highest BCUT2D eigenvalue weighted by Gasteiger charge is 2.46. The molecule has 0 saturated heterocycles. The predicted molar refractivity (Wildman–Crippen MR) is 141 cm³/mol. The SMILES string of the molecule is CC(=O)O[C@H](C(=O)O[C@@H](CC/C=C/O[Si](C(C)C)(C(C)C)C(C)C)CC(C)C)c1ccccc1. The van der Waals surface area contributed by atoms with Gasteiger partial charge in [0, 0.05) is 12.5 Å². The number of carbonyl (C=O) groups excluding carboxylic acids is 2. The Morgan fingerprint density at radius 2 is 1.44 bits per heavy atom. The summed E-state index contributed by atoms with van der Waals surface area (Å²) in [5.74, 6) is -0.678. The van der Waals surface area contributed by atoms with Crippen LogP contribution in [0.4, 0.5) is 0 Å². The van der Waals surface area contributed by atoms with Crippen molar-refractivity contribution in [1.82, 2.24) is 0 Å². The number of hydrogen-bond donors (Lipinski definition) is 0. The monoisotopic (exact) mass is 490 g/mol. The van der Waals surface area contributed by atoms with E-state index in [9.17, 15) is 9.59 Å². The van der Waals surface area contributed by atoms with Gasteiger partial charge in [-0.3, -0.25) is 4.79 Å². The molecule has 5 nitrogen and oxygen atoms in total. The average Bonchev–Trinajstić information content (AvgIpc) is 2.73. The zero-order valence-electron chi connectivity index (χ0n) is 22.7. The highest BCUT2D eigenvalue weighted by Crippen LogP contribution is 2.42. The molecule has 34 heavy (non-hydrogen) atoms. The second-order valence-electron chi connectivity index (χ2n) is 10.5. The normalized spacial score (nSPS) is 14.1. The predicted octanol–water partition coefficient (Wildman–Crippen LogP) is 7.73. The molecule has 0 unspecified atom stereocenters. The van der Waals surface area contributed by atoms with E-state index in [2.05, 4.69) is 61.5 Å². The van der Waals surface area contributed by atoms with Crippen LogP contribution in [0.3, 0.4) is 0 Å². The van der Waals surface area contributed by atoms with Crippen LogP contribution in [0.2, 0.25) is 16.6 Å². The summed E-state index contributed by atoms with van der Waals surface area (Å²) in [6.45, 7) is 19.1. The lowest BCUT2D eigenvalue weighted by molar-refractivity contribution is -0.171. The molecule has 192 valence electrons. The zero-order chi connectivity index (χ0) is 25.9. The lowest BCUT2D eigenvalue weighted by atomic mass is 10.0. The molecule has 0 aliphatic rings. The van der Waals surface area contributed by atoms with Gasteiger partial charge in [0.2, 0.25) is 6.10 Å². The highest BCUT2D eigenvalue weighted by molar-refractivity contribution is 6.77. The molecule has 1 aromatic rings. The number of benzene rings is 1. The fourth-order valence-electron chi connectivity index (χ4n) is 4.95. The van der Waals surface area contributed by atoms with Crippen LogP contribution in [0.15, 0.2) is 42.7 Å². The van der Waals surface area contributed by atoms with Crippen LogP contribution in [0.1, 0.15) is 93.2 Å². The molecular formula is C28H46O5Si. The highest BCUT2D eigenvalue weighted by atomic mass is 28.4. The summed E-state index contributed by atoms with van der Waals surface area (Å²) in [4.78, 5) is 24.6. The van der Waals surface area contributed by atoms with E-state index in [1.54, 1.807) is 12.1 Å². The van der Waals surface area contributed by atoms with E-state index in [0.717, 1.165) is 12.8 Å². The van der Waals surface area contributed by atoms with Gasteiger partial charge in [0.1, 0.15) is 6.10 Å². The molecule has 0 bridgehead atoms. The molecule has 0 heterocycles. The van der Waals surface area contributed by atoms with Crippen LogP contribution < -0.4 is 0 Å². The Bertz CT molecular complexity index is 748. The first kappa shape index (κ1) is 29.9. The minimum atomic E-state index is -1.95. The molecule has 0 N–H and O–H groups in total. The molecule has 0 radical (unpaired) electrons. The van der Waals surface area contributed by atoms with Crippen molar-refractivity contribution in [2.75, 3.05) is 0 Å². The van der Waals surface area contributed by atoms with E-state index in [-0.39, 0.29) is 6.10 Å². The Kier molecular flexibility index (Phi) is 12.6. The van der Waals surface area contributed by atoms with Crippen molar-refractivity contribution >= 4 is 20.3 Å². The Morgan fingerprint density at radius 3 is 1.91 bits per heavy atom. The Balaban J connectivity index is 2.86. The van der Waals surface area contributed by atoms with E-state index in [1.807, 2.05) is 24.5 Å². The van der Waals surface area contributed by atoms with Gasteiger partial charge in [-0.25, -0.2) is 4.79 Å². The molecule has 0 aliphatic heterocycles. The lowest BCUT2D eigenvalue weighted by Crippen LogP contribution is -2.46. The molecule has 0 spiro atoms. The number of esters is 2. The molecule has 6 heteroatoms. The van der Waals surface area contributed by atoms with Gasteiger partial charge in [-0.15, -0.1) is 0 Å². The van der Waals surface area contributed by atoms with Gasteiger partial charge >= 0.3 is 11.9 Å². The third-order valence-corrected chi connectivity index (χ3v) is 12.3. The van der Waals surface area contributed by atoms with Crippen LogP contribution in [0.25, 0.3) is 0 Å². The third-order valence-electron chi connectivity index (χ3n) is 6.35. The van der Waals surface area contributed by atoms with Crippen LogP contribution in [-0.4, -0.2) is 26.4 Å². The molecule has 0 amide bonds. The molecule has 1 aromatic carbocycles. The summed E-state index contributed by atoms with van der Waals surface area (Å²) in [5.41, 5.74) is 2.16. The van der Waals surface area contributed by atoms with Crippen LogP contribution in [0.5, 0.6) is 0 Å². The summed E-state index contributed by atoms with van der Waals surface area (Å²) in [7, 11) is -1.95. The molecule has 1 rings (SSSR count). The van der Waals surface area contributed by atoms with Crippen molar-refractivity contribution in [3.8, 4) is 0 Å². The van der Waals surface area contributed by atoms with Gasteiger partial charge in [-0.05, 0) is 41.8 Å². The third kappa shape index (κ3) is 8.93. The summed E-state index contributed by atoms with van der Waals surface area (Å²) < 4.78 is 17.7. The summed E-state index contributed by atoms with van der Waals surface area (Å²) >= 11 is 0. The second-order valence-corrected chi connectivity index (χ2v) is 15.9. The standard InChI is InChI=1S/C28H46O5Si/c1-20(2)19-26(17-13-14-18-31-34(21(3)4,22(5)6)23(7)8)33-28(30)27(32-24(9)29)25-15-11-10-12-16-25/h10-12,14-16,18,20-23,26-27H,13,17,19H2,1-9H3/b18-14+/t26-,27-/m0/s1. The smallest absolute Gasteiger partial charge is 0.352 e. The molecule has 0 fully saturated rings. The molecule has 0 aromatic heterocycles. The van der Waals surface area contributed by atoms with E-state index >= 15 is 0 Å². The number of ether oxygens (including phenoxy) is 2. The topological polar surface area (TPSA) is 61.8 Å². The summed E-state index contributed by atoms with van der Waals surface area (Å²) in [6.07, 6.45) is 4.79. The van der Waals surface area contributed by atoms with E-state index in [0.29, 0.717) is 34.5 Å². The zero-order valence-corrected chi connectivity index (χ0v) is 23.7. The maximum Gasteiger partial charge on any atom is 0.352 e. The second kappa shape index (κ2) is 14.3. The Hall–Kier alpha value is -2.08. The number of hydrogen-bond acceptors (Lipinski definition) is 5. The maximum atomic E-state index is 13.0. The fourth-order valence-corrected chi connectivity index (χ4v) is 10.1. The summed E-state index contributed by atoms with van der Waals surface area (Å²) in [5, 5.41) is 0. The Morgan fingerprint density at radius 1 is 0.882 bits per heavy atom. The quantitative estimate of drug-likeness (QED) is 0.152. The largest absolute Gasteiger partial charge is 0.548 e. The lowest BCUT2D eigenvalue weighted by Gasteiger charge is -2.41. The molecular weight excluding hydrogens is 444 g/mol. The molecule has 0 saturated carbocycles. The van der Waals surface area contributed by atoms with Gasteiger partial charge in [-0.2, -0.15) is 0 Å². The van der Waals surface area contributed by atoms with Crippen LogP contribution >= 0.6 is 0 Å². The number of rotatable bonds is 14. The van der Waals surface area contributed by atoms with Crippen molar-refractivity contribution in [1.29, 1.82) is 0 Å². The maximum absolute atomic E-state index is 13.0. The minimum Gasteiger partial charge on any atom is -0.548 e. The van der Waals surface area contributed by atoms with Gasteiger partial charge in [0.15, 0.2) is 0 Å². The van der Waals surface area contributed by atoms with Crippen molar-refractivity contribution in [2.24, 2.45) is 5.92 Å². The van der Waals surface area contributed by atoms with Crippen molar-refractivity contribution < 1.29 is 23.5 Å². The molecule has 0 aliphatic carbocycles. The van der Waals surface area contributed by atoms with Gasteiger partial charge in [0.25, 0.3) is 8.32 Å². The van der Waals surface area contributed by atoms with Gasteiger partial charge in [0.05, 0.1) is 6.26 Å². The van der Waals surface area contributed by atoms with Crippen molar-refractivity contribution in [3.63, 3.8) is 0 Å². The first-order valence-electron chi connectivity index (χ1n) is 12.7. The van der Waals surface area contributed by atoms with Gasteiger partial charge < -0.3 is 13.9 Å². The number of carbonyl (C=O) groups is 2. The van der Waals surface area contributed by atoms with E-state index < -0.39 is 26.4 Å². The fraction of sp³-hybridized carbons (Fsp3) is 0.643. The average molecular weight is 491 g/mol. The number of allylic oxidation sites excluding steroid dienone is 1. The first-order valence-corrected chi connectivity index (χ1v) is 14.8.